The Morgan fingerprint density at radius 2 is 1.94 bits per heavy atom. The first-order valence-corrected chi connectivity index (χ1v) is 10.7. The molecular formula is C25H26FN3O4. The Bertz CT molecular complexity index is 1250. The predicted molar refractivity (Wildman–Crippen MR) is 121 cm³/mol. The van der Waals surface area contributed by atoms with Gasteiger partial charge >= 0.3 is 0 Å². The summed E-state index contributed by atoms with van der Waals surface area (Å²) in [6, 6.07) is 8.02. The molecule has 1 aromatic heterocycles. The fraction of sp³-hybridized carbons (Fsp3) is 0.320. The second-order valence-corrected chi connectivity index (χ2v) is 9.15. The lowest BCUT2D eigenvalue weighted by Gasteiger charge is -2.24. The van der Waals surface area contributed by atoms with Gasteiger partial charge in [0.15, 0.2) is 5.75 Å². The van der Waals surface area contributed by atoms with E-state index in [1.807, 2.05) is 6.07 Å². The number of hydrogen-bond acceptors (Lipinski definition) is 5. The van der Waals surface area contributed by atoms with E-state index in [-0.39, 0.29) is 54.0 Å². The molecule has 3 N–H and O–H groups in total. The van der Waals surface area contributed by atoms with Crippen molar-refractivity contribution in [2.45, 2.75) is 38.8 Å². The number of fused-ring (bicyclic) bond motifs is 2. The predicted octanol–water partition coefficient (Wildman–Crippen LogP) is 2.69. The Hall–Kier alpha value is -3.52. The maximum atomic E-state index is 13.3. The van der Waals surface area contributed by atoms with Crippen molar-refractivity contribution in [1.82, 2.24) is 15.2 Å². The zero-order chi connectivity index (χ0) is 23.9. The summed E-state index contributed by atoms with van der Waals surface area (Å²) in [6.45, 7) is 3.47. The first-order valence-electron chi connectivity index (χ1n) is 10.7. The molecule has 4 rings (SSSR count). The van der Waals surface area contributed by atoms with Crippen molar-refractivity contribution in [2.75, 3.05) is 13.7 Å². The van der Waals surface area contributed by atoms with Crippen LogP contribution in [0.5, 0.6) is 5.75 Å². The lowest BCUT2D eigenvalue weighted by molar-refractivity contribution is -0.122. The molecule has 0 radical (unpaired) electrons. The van der Waals surface area contributed by atoms with E-state index in [4.69, 9.17) is 0 Å². The average Bonchev–Trinajstić information content (AvgIpc) is 3.07. The monoisotopic (exact) mass is 451 g/mol. The first-order chi connectivity index (χ1) is 15.6. The number of hydrogen-bond donors (Lipinski definition) is 3. The van der Waals surface area contributed by atoms with Crippen molar-refractivity contribution in [3.63, 3.8) is 0 Å². The van der Waals surface area contributed by atoms with Crippen LogP contribution in [0.15, 0.2) is 36.5 Å². The minimum Gasteiger partial charge on any atom is -0.505 e. The highest BCUT2D eigenvalue weighted by molar-refractivity contribution is 6.08. The summed E-state index contributed by atoms with van der Waals surface area (Å²) in [5, 5.41) is 23.8. The number of phenolic OH excluding ortho intramolecular Hbond substituents is 1. The van der Waals surface area contributed by atoms with E-state index >= 15 is 0 Å². The van der Waals surface area contributed by atoms with E-state index in [1.54, 1.807) is 39.2 Å². The lowest BCUT2D eigenvalue weighted by Crippen LogP contribution is -2.46. The van der Waals surface area contributed by atoms with Gasteiger partial charge in [0.25, 0.3) is 5.91 Å². The van der Waals surface area contributed by atoms with Crippen LogP contribution in [0.3, 0.4) is 0 Å². The summed E-state index contributed by atoms with van der Waals surface area (Å²) in [5.41, 5.74) is 2.56. The van der Waals surface area contributed by atoms with Crippen molar-refractivity contribution in [3.8, 4) is 5.75 Å². The summed E-state index contributed by atoms with van der Waals surface area (Å²) in [5.74, 6) is -1.14. The Morgan fingerprint density at radius 1 is 1.24 bits per heavy atom. The summed E-state index contributed by atoms with van der Waals surface area (Å²) < 4.78 is 13.3. The summed E-state index contributed by atoms with van der Waals surface area (Å²) >= 11 is 0. The molecule has 0 fully saturated rings. The fourth-order valence-electron chi connectivity index (χ4n) is 4.16. The minimum absolute atomic E-state index is 0.0364. The first kappa shape index (κ1) is 22.7. The fourth-order valence-corrected chi connectivity index (χ4v) is 4.16. The second kappa shape index (κ2) is 8.44. The van der Waals surface area contributed by atoms with Crippen molar-refractivity contribution in [2.24, 2.45) is 0 Å². The van der Waals surface area contributed by atoms with Crippen molar-refractivity contribution >= 4 is 22.7 Å². The number of benzene rings is 2. The number of nitrogens with one attached hydrogen (secondary N) is 1. The van der Waals surface area contributed by atoms with Gasteiger partial charge in [0.1, 0.15) is 11.3 Å². The van der Waals surface area contributed by atoms with Gasteiger partial charge in [0.2, 0.25) is 5.91 Å². The number of aromatic nitrogens is 1. The molecule has 3 aromatic rings. The summed E-state index contributed by atoms with van der Waals surface area (Å²) in [4.78, 5) is 31.4. The van der Waals surface area contributed by atoms with Crippen molar-refractivity contribution in [1.29, 1.82) is 0 Å². The maximum Gasteiger partial charge on any atom is 0.258 e. The number of halogens is 1. The number of carbonyl (C=O) groups excluding carboxylic acids is 2. The van der Waals surface area contributed by atoms with Gasteiger partial charge in [-0.3, -0.25) is 14.6 Å². The molecule has 2 heterocycles. The average molecular weight is 451 g/mol. The molecule has 1 aliphatic heterocycles. The van der Waals surface area contributed by atoms with E-state index in [0.717, 1.165) is 11.1 Å². The number of pyridine rings is 1. The van der Waals surface area contributed by atoms with E-state index in [1.165, 1.54) is 17.0 Å². The number of carbonyl (C=O) groups is 2. The number of aliphatic hydroxyl groups excluding tert-OH is 1. The van der Waals surface area contributed by atoms with Crippen molar-refractivity contribution < 1.29 is 24.2 Å². The highest BCUT2D eigenvalue weighted by atomic mass is 19.1. The van der Waals surface area contributed by atoms with E-state index in [2.05, 4.69) is 10.3 Å². The maximum absolute atomic E-state index is 13.3. The largest absolute Gasteiger partial charge is 0.505 e. The molecule has 0 atom stereocenters. The SMILES string of the molecule is CN1Cc2c(c(O)c3ncc(Cc4ccc(F)cc4)cc3c2CC(=O)NC(C)(C)CO)C1=O. The molecular weight excluding hydrogens is 425 g/mol. The molecule has 0 spiro atoms. The van der Waals surface area contributed by atoms with Crippen LogP contribution in [0.4, 0.5) is 4.39 Å². The number of aromatic hydroxyl groups is 1. The molecule has 1 aliphatic rings. The van der Waals surface area contributed by atoms with Gasteiger partial charge in [-0.05, 0) is 60.7 Å². The quantitative estimate of drug-likeness (QED) is 0.535. The molecule has 0 bridgehead atoms. The molecule has 172 valence electrons. The van der Waals surface area contributed by atoms with E-state index < -0.39 is 5.54 Å². The van der Waals surface area contributed by atoms with Crippen molar-refractivity contribution in [3.05, 3.63) is 70.2 Å². The molecule has 0 unspecified atom stereocenters. The molecule has 2 aromatic carbocycles. The van der Waals surface area contributed by atoms with Gasteiger partial charge in [-0.15, -0.1) is 0 Å². The van der Waals surface area contributed by atoms with Crippen LogP contribution >= 0.6 is 0 Å². The molecule has 0 aliphatic carbocycles. The van der Waals surface area contributed by atoms with Crippen LogP contribution in [0.1, 0.15) is 46.5 Å². The van der Waals surface area contributed by atoms with Gasteiger partial charge < -0.3 is 20.4 Å². The van der Waals surface area contributed by atoms with E-state index in [0.29, 0.717) is 22.9 Å². The lowest BCUT2D eigenvalue weighted by atomic mass is 9.92. The zero-order valence-electron chi connectivity index (χ0n) is 18.8. The number of nitrogens with zero attached hydrogens (tertiary/aromatic N) is 2. The van der Waals surface area contributed by atoms with Crippen LogP contribution < -0.4 is 5.32 Å². The molecule has 0 saturated heterocycles. The van der Waals surface area contributed by atoms with Gasteiger partial charge in [-0.25, -0.2) is 4.39 Å². The topological polar surface area (TPSA) is 103 Å². The Morgan fingerprint density at radius 3 is 2.61 bits per heavy atom. The smallest absolute Gasteiger partial charge is 0.258 e. The third-order valence-electron chi connectivity index (χ3n) is 5.88. The number of amides is 2. The molecule has 7 nitrogen and oxygen atoms in total. The zero-order valence-corrected chi connectivity index (χ0v) is 18.8. The van der Waals surface area contributed by atoms with Crippen LogP contribution in [0.25, 0.3) is 10.9 Å². The van der Waals surface area contributed by atoms with Gasteiger partial charge in [-0.2, -0.15) is 0 Å². The van der Waals surface area contributed by atoms with E-state index in [9.17, 15) is 24.2 Å². The Kier molecular flexibility index (Phi) is 5.80. The van der Waals surface area contributed by atoms with Gasteiger partial charge in [0, 0.05) is 25.2 Å². The molecule has 8 heteroatoms. The van der Waals surface area contributed by atoms with Gasteiger partial charge in [0.05, 0.1) is 24.1 Å². The van der Waals surface area contributed by atoms with Crippen LogP contribution in [-0.2, 0) is 24.2 Å². The highest BCUT2D eigenvalue weighted by Crippen LogP contribution is 2.39. The summed E-state index contributed by atoms with van der Waals surface area (Å²) in [7, 11) is 1.64. The van der Waals surface area contributed by atoms with Crippen LogP contribution in [0, 0.1) is 5.82 Å². The third kappa shape index (κ3) is 4.39. The number of rotatable bonds is 6. The third-order valence-corrected chi connectivity index (χ3v) is 5.88. The summed E-state index contributed by atoms with van der Waals surface area (Å²) in [6.07, 6.45) is 2.06. The molecule has 0 saturated carbocycles. The normalized spacial score (nSPS) is 13.5. The number of aliphatic hydroxyl groups is 1. The Labute approximate surface area is 190 Å². The number of phenols is 1. The van der Waals surface area contributed by atoms with Gasteiger partial charge in [-0.1, -0.05) is 12.1 Å². The van der Waals surface area contributed by atoms with Crippen LogP contribution in [-0.4, -0.2) is 51.1 Å². The minimum atomic E-state index is -0.800. The second-order valence-electron chi connectivity index (χ2n) is 9.15. The Balaban J connectivity index is 1.82. The highest BCUT2D eigenvalue weighted by Gasteiger charge is 2.34. The molecule has 33 heavy (non-hydrogen) atoms. The van der Waals surface area contributed by atoms with Crippen LogP contribution in [0.2, 0.25) is 0 Å². The molecule has 2 amide bonds. The standard InChI is InChI=1S/C25H26FN3O4/c1-25(2,13-30)28-20(31)10-17-18-9-15(8-14-4-6-16(26)7-5-14)11-27-22(18)23(32)21-19(17)12-29(3)24(21)33/h4-7,9,11,30,32H,8,10,12-13H2,1-3H3,(H,28,31).